The Balaban J connectivity index is 1.35. The Morgan fingerprint density at radius 3 is 2.35 bits per heavy atom. The first-order valence-corrected chi connectivity index (χ1v) is 12.2. The van der Waals surface area contributed by atoms with Crippen molar-refractivity contribution in [3.63, 3.8) is 0 Å². The molecule has 0 bridgehead atoms. The monoisotopic (exact) mass is 456 g/mol. The molecule has 3 heterocycles. The Labute approximate surface area is 200 Å². The molecule has 176 valence electrons. The van der Waals surface area contributed by atoms with Crippen LogP contribution < -0.4 is 10.5 Å². The molecule has 1 atom stereocenters. The SMILES string of the molecule is CCC[C@@H](Oc1nc(N)c2cnn(Cc3ccc(CN4CCCC4)cc3)c2n1)c1ccccc1. The van der Waals surface area contributed by atoms with Crippen molar-refractivity contribution in [1.29, 1.82) is 0 Å². The largest absolute Gasteiger partial charge is 0.455 e. The van der Waals surface area contributed by atoms with Gasteiger partial charge in [0.15, 0.2) is 5.65 Å². The number of nitrogens with two attached hydrogens (primary N) is 1. The number of aromatic nitrogens is 4. The molecule has 5 rings (SSSR count). The van der Waals surface area contributed by atoms with E-state index >= 15 is 0 Å². The van der Waals surface area contributed by atoms with Gasteiger partial charge < -0.3 is 10.5 Å². The lowest BCUT2D eigenvalue weighted by molar-refractivity contribution is 0.178. The molecule has 0 unspecified atom stereocenters. The summed E-state index contributed by atoms with van der Waals surface area (Å²) in [7, 11) is 0. The Kier molecular flexibility index (Phi) is 6.72. The van der Waals surface area contributed by atoms with Gasteiger partial charge in [0.1, 0.15) is 11.9 Å². The van der Waals surface area contributed by atoms with Crippen LogP contribution in [0.4, 0.5) is 5.82 Å². The third-order valence-corrected chi connectivity index (χ3v) is 6.44. The second-order valence-electron chi connectivity index (χ2n) is 9.04. The fraction of sp³-hybridized carbons (Fsp3) is 0.370. The fourth-order valence-electron chi connectivity index (χ4n) is 4.60. The molecule has 2 aromatic carbocycles. The molecule has 0 radical (unpaired) electrons. The van der Waals surface area contributed by atoms with Gasteiger partial charge in [-0.1, -0.05) is 67.9 Å². The topological polar surface area (TPSA) is 82.1 Å². The van der Waals surface area contributed by atoms with E-state index in [2.05, 4.69) is 58.3 Å². The van der Waals surface area contributed by atoms with E-state index in [1.807, 2.05) is 22.9 Å². The zero-order valence-corrected chi connectivity index (χ0v) is 19.7. The summed E-state index contributed by atoms with van der Waals surface area (Å²) in [5.74, 6) is 0.385. The van der Waals surface area contributed by atoms with Crippen LogP contribution in [0.3, 0.4) is 0 Å². The minimum atomic E-state index is -0.123. The summed E-state index contributed by atoms with van der Waals surface area (Å²) in [6, 6.07) is 19.2. The van der Waals surface area contributed by atoms with Gasteiger partial charge in [-0.2, -0.15) is 15.1 Å². The lowest BCUT2D eigenvalue weighted by Gasteiger charge is -2.18. The van der Waals surface area contributed by atoms with Gasteiger partial charge in [-0.15, -0.1) is 0 Å². The molecule has 1 aliphatic rings. The van der Waals surface area contributed by atoms with Crippen molar-refractivity contribution < 1.29 is 4.74 Å². The molecule has 0 spiro atoms. The van der Waals surface area contributed by atoms with E-state index in [0.717, 1.165) is 30.3 Å². The van der Waals surface area contributed by atoms with E-state index in [4.69, 9.17) is 15.5 Å². The molecule has 2 N–H and O–H groups in total. The van der Waals surface area contributed by atoms with Crippen LogP contribution in [0.5, 0.6) is 6.01 Å². The number of hydrogen-bond donors (Lipinski definition) is 1. The summed E-state index contributed by atoms with van der Waals surface area (Å²) in [5, 5.41) is 5.28. The first-order chi connectivity index (χ1) is 16.7. The number of likely N-dealkylation sites (tertiary alicyclic amines) is 1. The standard InChI is InChI=1S/C27H32N6O/c1-2-8-24(22-9-4-3-5-10-22)34-27-30-25(28)23-17-29-33(26(23)31-27)19-21-13-11-20(12-14-21)18-32-15-6-7-16-32/h3-5,9-14,17,24H,2,6-8,15-16,18-19H2,1H3,(H2,28,30,31)/t24-/m1/s1. The number of nitrogen functional groups attached to an aromatic ring is 1. The van der Waals surface area contributed by atoms with Crippen LogP contribution in [-0.4, -0.2) is 37.7 Å². The molecular weight excluding hydrogens is 424 g/mol. The van der Waals surface area contributed by atoms with Crippen molar-refractivity contribution in [3.8, 4) is 6.01 Å². The zero-order valence-electron chi connectivity index (χ0n) is 19.7. The van der Waals surface area contributed by atoms with Gasteiger partial charge in [-0.25, -0.2) is 4.68 Å². The molecule has 1 fully saturated rings. The van der Waals surface area contributed by atoms with Gasteiger partial charge in [0, 0.05) is 6.54 Å². The minimum Gasteiger partial charge on any atom is -0.455 e. The molecule has 1 saturated heterocycles. The third-order valence-electron chi connectivity index (χ3n) is 6.44. The van der Waals surface area contributed by atoms with E-state index < -0.39 is 0 Å². The first kappa shape index (κ1) is 22.3. The molecule has 7 nitrogen and oxygen atoms in total. The second-order valence-corrected chi connectivity index (χ2v) is 9.04. The molecule has 0 saturated carbocycles. The van der Waals surface area contributed by atoms with Crippen LogP contribution >= 0.6 is 0 Å². The van der Waals surface area contributed by atoms with Crippen LogP contribution in [0, 0.1) is 0 Å². The first-order valence-electron chi connectivity index (χ1n) is 12.2. The lowest BCUT2D eigenvalue weighted by Crippen LogP contribution is -2.18. The van der Waals surface area contributed by atoms with E-state index in [9.17, 15) is 0 Å². The van der Waals surface area contributed by atoms with Crippen molar-refractivity contribution in [2.24, 2.45) is 0 Å². The number of ether oxygens (including phenoxy) is 1. The van der Waals surface area contributed by atoms with Crippen molar-refractivity contribution in [1.82, 2.24) is 24.6 Å². The predicted octanol–water partition coefficient (Wildman–Crippen LogP) is 4.97. The molecule has 2 aromatic heterocycles. The van der Waals surface area contributed by atoms with Gasteiger partial charge in [0.05, 0.1) is 18.1 Å². The zero-order chi connectivity index (χ0) is 23.3. The average molecular weight is 457 g/mol. The Hall–Kier alpha value is -3.45. The Morgan fingerprint density at radius 1 is 0.941 bits per heavy atom. The van der Waals surface area contributed by atoms with Crippen LogP contribution in [0.1, 0.15) is 55.4 Å². The van der Waals surface area contributed by atoms with Crippen molar-refractivity contribution in [3.05, 3.63) is 77.5 Å². The van der Waals surface area contributed by atoms with Crippen LogP contribution in [0.25, 0.3) is 11.0 Å². The maximum atomic E-state index is 6.26. The summed E-state index contributed by atoms with van der Waals surface area (Å²) in [5.41, 5.74) is 10.6. The molecule has 4 aromatic rings. The fourth-order valence-corrected chi connectivity index (χ4v) is 4.60. The molecular formula is C27H32N6O. The van der Waals surface area contributed by atoms with Crippen LogP contribution in [0.15, 0.2) is 60.8 Å². The molecule has 0 amide bonds. The molecule has 34 heavy (non-hydrogen) atoms. The summed E-state index contributed by atoms with van der Waals surface area (Å²) < 4.78 is 8.10. The second kappa shape index (κ2) is 10.2. The Morgan fingerprint density at radius 2 is 1.65 bits per heavy atom. The Bertz CT molecular complexity index is 1220. The quantitative estimate of drug-likeness (QED) is 0.383. The number of anilines is 1. The van der Waals surface area contributed by atoms with Gasteiger partial charge in [0.25, 0.3) is 0 Å². The highest BCUT2D eigenvalue weighted by atomic mass is 16.5. The molecule has 7 heteroatoms. The summed E-state index contributed by atoms with van der Waals surface area (Å²) in [4.78, 5) is 11.6. The predicted molar refractivity (Wildman–Crippen MR) is 135 cm³/mol. The highest BCUT2D eigenvalue weighted by Gasteiger charge is 2.18. The number of fused-ring (bicyclic) bond motifs is 1. The third kappa shape index (κ3) is 5.04. The summed E-state index contributed by atoms with van der Waals surface area (Å²) in [6.07, 6.45) is 6.09. The van der Waals surface area contributed by atoms with Gasteiger partial charge in [-0.3, -0.25) is 4.90 Å². The van der Waals surface area contributed by atoms with E-state index in [0.29, 0.717) is 18.0 Å². The minimum absolute atomic E-state index is 0.123. The van der Waals surface area contributed by atoms with E-state index in [-0.39, 0.29) is 12.1 Å². The maximum absolute atomic E-state index is 6.26. The number of hydrogen-bond acceptors (Lipinski definition) is 6. The highest BCUT2D eigenvalue weighted by Crippen LogP contribution is 2.27. The van der Waals surface area contributed by atoms with E-state index in [1.165, 1.54) is 37.1 Å². The van der Waals surface area contributed by atoms with Gasteiger partial charge >= 0.3 is 6.01 Å². The highest BCUT2D eigenvalue weighted by molar-refractivity contribution is 5.85. The lowest BCUT2D eigenvalue weighted by atomic mass is 10.1. The smallest absolute Gasteiger partial charge is 0.321 e. The number of benzene rings is 2. The maximum Gasteiger partial charge on any atom is 0.321 e. The summed E-state index contributed by atoms with van der Waals surface area (Å²) >= 11 is 0. The van der Waals surface area contributed by atoms with Crippen LogP contribution in [-0.2, 0) is 13.1 Å². The van der Waals surface area contributed by atoms with Crippen molar-refractivity contribution in [2.75, 3.05) is 18.8 Å². The van der Waals surface area contributed by atoms with Gasteiger partial charge in [0.2, 0.25) is 0 Å². The van der Waals surface area contributed by atoms with Crippen molar-refractivity contribution in [2.45, 2.75) is 51.8 Å². The molecule has 1 aliphatic heterocycles. The number of nitrogens with zero attached hydrogens (tertiary/aromatic N) is 5. The van der Waals surface area contributed by atoms with Gasteiger partial charge in [-0.05, 0) is 49.0 Å². The number of rotatable bonds is 9. The van der Waals surface area contributed by atoms with E-state index in [1.54, 1.807) is 6.20 Å². The molecule has 0 aliphatic carbocycles. The summed E-state index contributed by atoms with van der Waals surface area (Å²) in [6.45, 7) is 6.19. The normalized spacial score (nSPS) is 15.1. The van der Waals surface area contributed by atoms with Crippen molar-refractivity contribution >= 4 is 16.9 Å². The van der Waals surface area contributed by atoms with Crippen LogP contribution in [0.2, 0.25) is 0 Å². The average Bonchev–Trinajstić information content (AvgIpc) is 3.51.